The van der Waals surface area contributed by atoms with E-state index in [1.54, 1.807) is 0 Å². The Labute approximate surface area is 384 Å². The number of anilines is 3. The zero-order chi connectivity index (χ0) is 50.4. The molecule has 6 aromatic heterocycles. The van der Waals surface area contributed by atoms with Crippen molar-refractivity contribution in [2.75, 3.05) is 37.0 Å². The second kappa shape index (κ2) is 18.3. The highest BCUT2D eigenvalue weighted by atomic mass is 31.2. The quantitative estimate of drug-likeness (QED) is 0.0402. The number of nitrogens with one attached hydrogen (secondary N) is 3. The van der Waals surface area contributed by atoms with Crippen LogP contribution >= 0.6 is 23.5 Å². The van der Waals surface area contributed by atoms with Crippen LogP contribution in [-0.2, 0) is 50.5 Å². The Bertz CT molecular complexity index is 3300. The average Bonchev–Trinajstić information content (AvgIpc) is 4.13. The monoisotopic (exact) mass is 1050 g/mol. The number of phosphoric acid groups is 3. The summed E-state index contributed by atoms with van der Waals surface area (Å²) < 4.78 is 84.4. The van der Waals surface area contributed by atoms with E-state index in [1.807, 2.05) is 0 Å². The summed E-state index contributed by atoms with van der Waals surface area (Å²) in [6.45, 7) is -3.31. The molecule has 40 heteroatoms. The summed E-state index contributed by atoms with van der Waals surface area (Å²) in [5.74, 6) is -1.12. The summed E-state index contributed by atoms with van der Waals surface area (Å²) in [6, 6.07) is 0. The zero-order valence-corrected chi connectivity index (χ0v) is 37.4. The first-order chi connectivity index (χ1) is 32.9. The van der Waals surface area contributed by atoms with Crippen LogP contribution in [-0.4, -0.2) is 173 Å². The highest BCUT2D eigenvalue weighted by Gasteiger charge is 2.53. The van der Waals surface area contributed by atoms with Crippen molar-refractivity contribution in [2.24, 2.45) is 0 Å². The third-order valence-corrected chi connectivity index (χ3v) is 13.3. The van der Waals surface area contributed by atoms with Gasteiger partial charge in [0.15, 0.2) is 52.2 Å². The van der Waals surface area contributed by atoms with E-state index in [1.165, 1.54) is 0 Å². The van der Waals surface area contributed by atoms with E-state index in [2.05, 4.69) is 49.4 Å². The number of aliphatic hydroxyl groups is 4. The number of ether oxygens (including phenoxy) is 3. The number of imidazole rings is 3. The van der Waals surface area contributed by atoms with Crippen molar-refractivity contribution in [3.05, 3.63) is 50.0 Å². The molecule has 14 unspecified atom stereocenters. The summed E-state index contributed by atoms with van der Waals surface area (Å²) in [5.41, 5.74) is 13.1. The highest BCUT2D eigenvalue weighted by Crippen LogP contribution is 2.53. The van der Waals surface area contributed by atoms with Gasteiger partial charge in [0.1, 0.15) is 54.9 Å². The SMILES string of the molecule is Nc1nc2c(ncn2C2OC(COP(=O)(O)OC3C(COP(=O)(O)OC4C(COP(=O)(O)O)OC(n5cnc6c(=O)[nH]c(N)nc65)C4O)OC(n4cnc5c(=O)[nH]c(N)nc54)C3O)C(O)C2O)c(=O)[nH]1. The number of hydrogen-bond donors (Lipinski definition) is 14. The molecule has 14 atom stereocenters. The molecule has 37 nitrogen and oxygen atoms in total. The summed E-state index contributed by atoms with van der Waals surface area (Å²) in [6.07, 6.45) is -19.3. The first-order valence-electron chi connectivity index (χ1n) is 19.8. The summed E-state index contributed by atoms with van der Waals surface area (Å²) >= 11 is 0. The lowest BCUT2D eigenvalue weighted by Crippen LogP contribution is -2.38. The van der Waals surface area contributed by atoms with Crippen molar-refractivity contribution < 1.29 is 90.5 Å². The molecule has 0 aliphatic carbocycles. The van der Waals surface area contributed by atoms with Crippen molar-refractivity contribution in [3.63, 3.8) is 0 Å². The molecule has 3 saturated heterocycles. The Morgan fingerprint density at radius 1 is 0.529 bits per heavy atom. The summed E-state index contributed by atoms with van der Waals surface area (Å²) in [4.78, 5) is 108. The Balaban J connectivity index is 0.941. The molecule has 3 fully saturated rings. The average molecular weight is 1050 g/mol. The van der Waals surface area contributed by atoms with E-state index < -0.39 is 145 Å². The third-order valence-electron chi connectivity index (χ3n) is 10.9. The molecule has 70 heavy (non-hydrogen) atoms. The van der Waals surface area contributed by atoms with Crippen LogP contribution in [0.15, 0.2) is 33.4 Å². The molecule has 0 bridgehead atoms. The third kappa shape index (κ3) is 9.53. The van der Waals surface area contributed by atoms with Crippen LogP contribution in [0.3, 0.4) is 0 Å². The number of fused-ring (bicyclic) bond motifs is 3. The number of phosphoric ester groups is 3. The number of aliphatic hydroxyl groups excluding tert-OH is 4. The maximum absolute atomic E-state index is 13.7. The highest BCUT2D eigenvalue weighted by molar-refractivity contribution is 7.47. The number of nitrogen functional groups attached to an aromatic ring is 3. The zero-order valence-electron chi connectivity index (χ0n) is 34.7. The van der Waals surface area contributed by atoms with Gasteiger partial charge < -0.3 is 71.4 Å². The van der Waals surface area contributed by atoms with Gasteiger partial charge >= 0.3 is 23.5 Å². The van der Waals surface area contributed by atoms with Crippen LogP contribution in [0.4, 0.5) is 17.8 Å². The van der Waals surface area contributed by atoms with Crippen LogP contribution in [0.2, 0.25) is 0 Å². The Hall–Kier alpha value is -5.50. The molecule has 0 radical (unpaired) electrons. The van der Waals surface area contributed by atoms with Gasteiger partial charge in [-0.25, -0.2) is 28.6 Å². The van der Waals surface area contributed by atoms with E-state index in [0.717, 1.165) is 32.7 Å². The number of hydrogen-bond acceptors (Lipinski definition) is 27. The van der Waals surface area contributed by atoms with Crippen LogP contribution in [0.5, 0.6) is 0 Å². The number of H-pyrrole nitrogens is 3. The molecule has 9 heterocycles. The Kier molecular flexibility index (Phi) is 12.9. The summed E-state index contributed by atoms with van der Waals surface area (Å²) in [7, 11) is -16.4. The van der Waals surface area contributed by atoms with Gasteiger partial charge in [0, 0.05) is 0 Å². The Morgan fingerprint density at radius 3 is 1.23 bits per heavy atom. The number of rotatable bonds is 16. The maximum Gasteiger partial charge on any atom is 0.472 e. The number of nitrogens with zero attached hydrogens (tertiary/aromatic N) is 9. The van der Waals surface area contributed by atoms with Gasteiger partial charge in [-0.05, 0) is 0 Å². The van der Waals surface area contributed by atoms with Crippen molar-refractivity contribution in [2.45, 2.75) is 73.6 Å². The molecule has 9 rings (SSSR count). The van der Waals surface area contributed by atoms with Crippen LogP contribution in [0.1, 0.15) is 18.7 Å². The van der Waals surface area contributed by atoms with Gasteiger partial charge in [-0.3, -0.25) is 65.7 Å². The van der Waals surface area contributed by atoms with Gasteiger partial charge in [-0.15, -0.1) is 0 Å². The molecular weight excluding hydrogens is 1020 g/mol. The molecule has 380 valence electrons. The van der Waals surface area contributed by atoms with Crippen LogP contribution in [0, 0.1) is 0 Å². The lowest BCUT2D eigenvalue weighted by atomic mass is 10.1. The first-order valence-corrected chi connectivity index (χ1v) is 24.3. The standard InChI is InChI=1S/C30H38N15O22P3/c31-28-37-19-10(22(50)40-28)34-4-43(19)25-14(47)13(46)7(63-25)1-61-69(56,57)67-18-9(65-27(16(18)49)45-6-36-12-21(45)39-30(33)42-24(12)52)3-62-70(58,59)66-17-8(2-60-68(53,54)55)64-26(15(17)48)44-5-35-11-20(44)38-29(32)41-23(11)51/h4-9,13-18,25-27,46-49H,1-3H2,(H,56,57)(H,58,59)(H2,53,54,55)(H3,31,37,40,50)(H3,32,38,41,51)(H3,33,39,42,52). The minimum atomic E-state index is -5.60. The lowest BCUT2D eigenvalue weighted by Gasteiger charge is -2.26. The normalized spacial score (nSPS) is 30.2. The summed E-state index contributed by atoms with van der Waals surface area (Å²) in [5, 5.41) is 44.6. The van der Waals surface area contributed by atoms with Gasteiger partial charge in [-0.1, -0.05) is 0 Å². The molecule has 3 aliphatic rings. The molecule has 3 aliphatic heterocycles. The van der Waals surface area contributed by atoms with Gasteiger partial charge in [0.05, 0.1) is 38.8 Å². The van der Waals surface area contributed by atoms with E-state index >= 15 is 0 Å². The molecule has 0 aromatic carbocycles. The van der Waals surface area contributed by atoms with Crippen molar-refractivity contribution in [3.8, 4) is 0 Å². The minimum absolute atomic E-state index is 0.157. The maximum atomic E-state index is 13.7. The predicted molar refractivity (Wildman–Crippen MR) is 223 cm³/mol. The van der Waals surface area contributed by atoms with Gasteiger partial charge in [0.2, 0.25) is 17.8 Å². The fraction of sp³-hybridized carbons (Fsp3) is 0.500. The van der Waals surface area contributed by atoms with E-state index in [0.29, 0.717) is 0 Å². The number of aromatic amines is 3. The van der Waals surface area contributed by atoms with Crippen LogP contribution in [0.25, 0.3) is 33.5 Å². The van der Waals surface area contributed by atoms with Crippen molar-refractivity contribution >= 4 is 74.8 Å². The minimum Gasteiger partial charge on any atom is -0.387 e. The number of aromatic nitrogens is 12. The second-order valence-electron chi connectivity index (χ2n) is 15.4. The Morgan fingerprint density at radius 2 is 0.857 bits per heavy atom. The fourth-order valence-corrected chi connectivity index (χ4v) is 10.1. The molecule has 0 spiro atoms. The smallest absolute Gasteiger partial charge is 0.387 e. The van der Waals surface area contributed by atoms with Crippen LogP contribution < -0.4 is 33.9 Å². The second-order valence-corrected chi connectivity index (χ2v) is 19.5. The molecular formula is C30H38N15O22P3. The van der Waals surface area contributed by atoms with Gasteiger partial charge in [0.25, 0.3) is 16.7 Å². The van der Waals surface area contributed by atoms with Gasteiger partial charge in [-0.2, -0.15) is 15.0 Å². The van der Waals surface area contributed by atoms with Crippen molar-refractivity contribution in [1.29, 1.82) is 0 Å². The van der Waals surface area contributed by atoms with E-state index in [9.17, 15) is 68.1 Å². The van der Waals surface area contributed by atoms with E-state index in [4.69, 9.17) is 49.5 Å². The topological polar surface area (TPSA) is 556 Å². The fourth-order valence-electron chi connectivity index (χ4n) is 7.79. The molecule has 0 saturated carbocycles. The molecule has 6 aromatic rings. The lowest BCUT2D eigenvalue weighted by molar-refractivity contribution is -0.0616. The largest absolute Gasteiger partial charge is 0.472 e. The van der Waals surface area contributed by atoms with Crippen molar-refractivity contribution in [1.82, 2.24) is 58.6 Å². The first kappa shape index (κ1) is 49.5. The molecule has 17 N–H and O–H groups in total. The predicted octanol–water partition coefficient (Wildman–Crippen LogP) is -5.62. The molecule has 0 amide bonds. The van der Waals surface area contributed by atoms with E-state index in [-0.39, 0.29) is 39.4 Å². The number of nitrogens with two attached hydrogens (primary N) is 3.